The first-order valence-corrected chi connectivity index (χ1v) is 8.10. The Labute approximate surface area is 134 Å². The molecule has 2 aliphatic rings. The lowest BCUT2D eigenvalue weighted by atomic mass is 9.56. The zero-order valence-electron chi connectivity index (χ0n) is 12.3. The molecule has 1 aliphatic heterocycles. The van der Waals surface area contributed by atoms with Crippen molar-refractivity contribution in [3.8, 4) is 0 Å². The average Bonchev–Trinajstić information content (AvgIpc) is 2.44. The number of nitrogens with zero attached hydrogens (tertiary/aromatic N) is 2. The molecule has 0 bridgehead atoms. The van der Waals surface area contributed by atoms with Gasteiger partial charge in [0.2, 0.25) is 0 Å². The van der Waals surface area contributed by atoms with Crippen molar-refractivity contribution in [2.75, 3.05) is 18.0 Å². The third-order valence-corrected chi connectivity index (χ3v) is 5.32. The SMILES string of the molecule is Fc1cc(N2CC3(CC(Cc4cccnc4)C3)C2)ccc1Cl. The van der Waals surface area contributed by atoms with Crippen molar-refractivity contribution in [2.45, 2.75) is 19.3 Å². The minimum atomic E-state index is -0.330. The molecule has 1 saturated heterocycles. The fraction of sp³-hybridized carbons (Fsp3) is 0.389. The number of halogens is 2. The van der Waals surface area contributed by atoms with E-state index in [1.165, 1.54) is 18.4 Å². The van der Waals surface area contributed by atoms with E-state index >= 15 is 0 Å². The Balaban J connectivity index is 1.32. The first-order chi connectivity index (χ1) is 10.6. The highest BCUT2D eigenvalue weighted by Gasteiger charge is 2.52. The summed E-state index contributed by atoms with van der Waals surface area (Å²) in [5.74, 6) is 0.441. The van der Waals surface area contributed by atoms with Crippen LogP contribution in [0.5, 0.6) is 0 Å². The third-order valence-electron chi connectivity index (χ3n) is 5.01. The van der Waals surface area contributed by atoms with Gasteiger partial charge in [-0.25, -0.2) is 4.39 Å². The van der Waals surface area contributed by atoms with Gasteiger partial charge in [-0.15, -0.1) is 0 Å². The van der Waals surface area contributed by atoms with Crippen LogP contribution >= 0.6 is 11.6 Å². The van der Waals surface area contributed by atoms with Crippen molar-refractivity contribution in [3.05, 3.63) is 59.1 Å². The lowest BCUT2D eigenvalue weighted by Gasteiger charge is -2.60. The molecule has 2 fully saturated rings. The van der Waals surface area contributed by atoms with Crippen molar-refractivity contribution in [3.63, 3.8) is 0 Å². The van der Waals surface area contributed by atoms with Crippen molar-refractivity contribution < 1.29 is 4.39 Å². The number of hydrogen-bond donors (Lipinski definition) is 0. The molecule has 2 heterocycles. The highest BCUT2D eigenvalue weighted by Crippen LogP contribution is 2.53. The molecule has 0 amide bonds. The molecule has 1 saturated carbocycles. The lowest BCUT2D eigenvalue weighted by Crippen LogP contribution is -2.62. The van der Waals surface area contributed by atoms with Crippen LogP contribution < -0.4 is 4.90 Å². The molecule has 22 heavy (non-hydrogen) atoms. The number of hydrogen-bond acceptors (Lipinski definition) is 2. The standard InChI is InChI=1S/C18H18ClFN2/c19-16-4-3-15(7-17(16)20)22-11-18(12-22)8-14(9-18)6-13-2-1-5-21-10-13/h1-5,7,10,14H,6,8-9,11-12H2. The smallest absolute Gasteiger partial charge is 0.143 e. The first kappa shape index (κ1) is 14.0. The number of benzene rings is 1. The molecule has 0 N–H and O–H groups in total. The van der Waals surface area contributed by atoms with Crippen LogP contribution in [0.3, 0.4) is 0 Å². The molecule has 2 nitrogen and oxygen atoms in total. The van der Waals surface area contributed by atoms with Crippen LogP contribution in [0.25, 0.3) is 0 Å². The summed E-state index contributed by atoms with van der Waals surface area (Å²) >= 11 is 5.74. The summed E-state index contributed by atoms with van der Waals surface area (Å²) in [7, 11) is 0. The van der Waals surface area contributed by atoms with Gasteiger partial charge in [-0.2, -0.15) is 0 Å². The van der Waals surface area contributed by atoms with E-state index in [1.807, 2.05) is 24.5 Å². The van der Waals surface area contributed by atoms with Crippen molar-refractivity contribution in [1.29, 1.82) is 0 Å². The van der Waals surface area contributed by atoms with E-state index in [-0.39, 0.29) is 10.8 Å². The summed E-state index contributed by atoms with van der Waals surface area (Å²) in [6.07, 6.45) is 7.46. The fourth-order valence-corrected chi connectivity index (χ4v) is 4.17. The molecule has 2 aromatic rings. The zero-order valence-corrected chi connectivity index (χ0v) is 13.1. The maximum Gasteiger partial charge on any atom is 0.143 e. The molecule has 1 aromatic carbocycles. The number of aromatic nitrogens is 1. The molecule has 1 aromatic heterocycles. The summed E-state index contributed by atoms with van der Waals surface area (Å²) < 4.78 is 13.5. The van der Waals surface area contributed by atoms with E-state index in [9.17, 15) is 4.39 Å². The van der Waals surface area contributed by atoms with Crippen molar-refractivity contribution in [2.24, 2.45) is 11.3 Å². The van der Waals surface area contributed by atoms with E-state index in [4.69, 9.17) is 11.6 Å². The summed E-state index contributed by atoms with van der Waals surface area (Å²) in [6.45, 7) is 2.08. The summed E-state index contributed by atoms with van der Waals surface area (Å²) in [6, 6.07) is 9.25. The minimum Gasteiger partial charge on any atom is -0.370 e. The van der Waals surface area contributed by atoms with Crippen LogP contribution in [0.1, 0.15) is 18.4 Å². The molecular formula is C18H18ClFN2. The Kier molecular flexibility index (Phi) is 3.33. The molecule has 1 spiro atoms. The summed E-state index contributed by atoms with van der Waals surface area (Å²) in [5, 5.41) is 0.194. The summed E-state index contributed by atoms with van der Waals surface area (Å²) in [5.41, 5.74) is 2.74. The van der Waals surface area contributed by atoms with Gasteiger partial charge in [-0.1, -0.05) is 17.7 Å². The molecule has 4 rings (SSSR count). The molecular weight excluding hydrogens is 299 g/mol. The van der Waals surface area contributed by atoms with Gasteiger partial charge in [0.25, 0.3) is 0 Å². The maximum absolute atomic E-state index is 13.5. The predicted molar refractivity (Wildman–Crippen MR) is 86.7 cm³/mol. The largest absolute Gasteiger partial charge is 0.370 e. The second kappa shape index (κ2) is 5.24. The Morgan fingerprint density at radius 2 is 2.09 bits per heavy atom. The van der Waals surface area contributed by atoms with Crippen LogP contribution in [-0.4, -0.2) is 18.1 Å². The Morgan fingerprint density at radius 3 is 2.77 bits per heavy atom. The lowest BCUT2D eigenvalue weighted by molar-refractivity contribution is 0.0239. The van der Waals surface area contributed by atoms with Gasteiger partial charge in [-0.05, 0) is 55.0 Å². The molecule has 1 aliphatic carbocycles. The van der Waals surface area contributed by atoms with Gasteiger partial charge in [0, 0.05) is 36.6 Å². The third kappa shape index (κ3) is 2.48. The topological polar surface area (TPSA) is 16.1 Å². The number of anilines is 1. The predicted octanol–water partition coefficient (Wildman–Crippen LogP) is 4.33. The van der Waals surface area contributed by atoms with Crippen LogP contribution in [0.15, 0.2) is 42.7 Å². The highest BCUT2D eigenvalue weighted by atomic mass is 35.5. The molecule has 0 atom stereocenters. The van der Waals surface area contributed by atoms with Gasteiger partial charge in [0.05, 0.1) is 5.02 Å². The Morgan fingerprint density at radius 1 is 1.27 bits per heavy atom. The molecule has 4 heteroatoms. The van der Waals surface area contributed by atoms with Crippen LogP contribution in [0.4, 0.5) is 10.1 Å². The first-order valence-electron chi connectivity index (χ1n) is 7.72. The molecule has 0 unspecified atom stereocenters. The number of pyridine rings is 1. The Hall–Kier alpha value is -1.61. The van der Waals surface area contributed by atoms with Crippen molar-refractivity contribution >= 4 is 17.3 Å². The van der Waals surface area contributed by atoms with Crippen LogP contribution in [0, 0.1) is 17.2 Å². The highest BCUT2D eigenvalue weighted by molar-refractivity contribution is 6.30. The van der Waals surface area contributed by atoms with E-state index < -0.39 is 0 Å². The second-order valence-electron chi connectivity index (χ2n) is 6.79. The van der Waals surface area contributed by atoms with Gasteiger partial charge in [0.1, 0.15) is 5.82 Å². The van der Waals surface area contributed by atoms with Crippen LogP contribution in [0.2, 0.25) is 5.02 Å². The van der Waals surface area contributed by atoms with E-state index in [1.54, 1.807) is 12.1 Å². The molecule has 0 radical (unpaired) electrons. The monoisotopic (exact) mass is 316 g/mol. The Bertz CT molecular complexity index is 675. The van der Waals surface area contributed by atoms with E-state index in [0.29, 0.717) is 5.41 Å². The number of rotatable bonds is 3. The van der Waals surface area contributed by atoms with Crippen LogP contribution in [-0.2, 0) is 6.42 Å². The minimum absolute atomic E-state index is 0.194. The molecule has 114 valence electrons. The van der Waals surface area contributed by atoms with Gasteiger partial charge >= 0.3 is 0 Å². The van der Waals surface area contributed by atoms with Crippen molar-refractivity contribution in [1.82, 2.24) is 4.98 Å². The zero-order chi connectivity index (χ0) is 15.2. The maximum atomic E-state index is 13.5. The summed E-state index contributed by atoms with van der Waals surface area (Å²) in [4.78, 5) is 6.43. The van der Waals surface area contributed by atoms with Gasteiger partial charge in [0.15, 0.2) is 0 Å². The van der Waals surface area contributed by atoms with E-state index in [2.05, 4.69) is 16.0 Å². The average molecular weight is 317 g/mol. The van der Waals surface area contributed by atoms with E-state index in [0.717, 1.165) is 31.1 Å². The van der Waals surface area contributed by atoms with Gasteiger partial charge < -0.3 is 4.90 Å². The normalized spacial score (nSPS) is 19.8. The quantitative estimate of drug-likeness (QED) is 0.837. The van der Waals surface area contributed by atoms with Gasteiger partial charge in [-0.3, -0.25) is 4.98 Å². The fourth-order valence-electron chi connectivity index (χ4n) is 4.05. The second-order valence-corrected chi connectivity index (χ2v) is 7.20.